The van der Waals surface area contributed by atoms with Crippen LogP contribution in [-0.2, 0) is 0 Å². The number of carbonyl (C=O) groups excluding carboxylic acids is 1. The van der Waals surface area contributed by atoms with Gasteiger partial charge in [0, 0.05) is 18.2 Å². The number of rotatable bonds is 2. The number of hydrogen-bond donors (Lipinski definition) is 0. The molecule has 0 spiro atoms. The highest BCUT2D eigenvalue weighted by Crippen LogP contribution is 2.35. The van der Waals surface area contributed by atoms with E-state index in [2.05, 4.69) is 6.92 Å². The van der Waals surface area contributed by atoms with Crippen LogP contribution in [0.1, 0.15) is 36.5 Å². The van der Waals surface area contributed by atoms with Crippen molar-refractivity contribution < 1.29 is 4.79 Å². The third kappa shape index (κ3) is 3.22. The lowest BCUT2D eigenvalue weighted by Crippen LogP contribution is -2.42. The highest BCUT2D eigenvalue weighted by Gasteiger charge is 2.25. The molecule has 0 saturated carbocycles. The molecule has 0 aliphatic carbocycles. The third-order valence-electron chi connectivity index (χ3n) is 3.46. The minimum atomic E-state index is -0.0468. The first kappa shape index (κ1) is 15.5. The highest BCUT2D eigenvalue weighted by atomic mass is 35.5. The van der Waals surface area contributed by atoms with Gasteiger partial charge in [-0.05, 0) is 50.1 Å². The first-order valence-corrected chi connectivity index (χ1v) is 7.97. The number of hydrogen-bond acceptors (Lipinski definition) is 3. The average Bonchev–Trinajstić information content (AvgIpc) is 2.42. The van der Waals surface area contributed by atoms with E-state index in [0.29, 0.717) is 20.5 Å². The normalized spacial score (nSPS) is 18.7. The van der Waals surface area contributed by atoms with Gasteiger partial charge in [0.25, 0.3) is 5.91 Å². The van der Waals surface area contributed by atoms with Crippen LogP contribution in [0.15, 0.2) is 17.0 Å². The van der Waals surface area contributed by atoms with E-state index in [4.69, 9.17) is 28.5 Å². The van der Waals surface area contributed by atoms with Gasteiger partial charge in [-0.3, -0.25) is 4.79 Å². The van der Waals surface area contributed by atoms with Crippen LogP contribution in [0.2, 0.25) is 10.0 Å². The van der Waals surface area contributed by atoms with Crippen LogP contribution in [0.3, 0.4) is 0 Å². The molecule has 0 N–H and O–H groups in total. The average molecular weight is 329 g/mol. The second-order valence-corrected chi connectivity index (χ2v) is 6.42. The van der Waals surface area contributed by atoms with Gasteiger partial charge in [0.1, 0.15) is 5.40 Å². The fraction of sp³-hybridized carbons (Fsp3) is 0.429. The molecule has 0 unspecified atom stereocenters. The van der Waals surface area contributed by atoms with Gasteiger partial charge in [-0.25, -0.2) is 0 Å². The summed E-state index contributed by atoms with van der Waals surface area (Å²) in [5.41, 5.74) is 0.482. The minimum absolute atomic E-state index is 0.0468. The number of nitriles is 1. The Labute approximate surface area is 132 Å². The molecule has 6 heteroatoms. The Morgan fingerprint density at radius 3 is 2.60 bits per heavy atom. The Hall–Kier alpha value is -0.890. The number of benzene rings is 1. The van der Waals surface area contributed by atoms with Gasteiger partial charge < -0.3 is 4.90 Å². The first-order valence-electron chi connectivity index (χ1n) is 6.40. The lowest BCUT2D eigenvalue weighted by Gasteiger charge is -2.33. The summed E-state index contributed by atoms with van der Waals surface area (Å²) in [7, 11) is 0. The summed E-state index contributed by atoms with van der Waals surface area (Å²) in [6.45, 7) is 2.82. The molecule has 0 aromatic heterocycles. The van der Waals surface area contributed by atoms with Crippen molar-refractivity contribution in [2.75, 3.05) is 6.54 Å². The molecule has 1 aliphatic heterocycles. The molecule has 1 aromatic carbocycles. The molecule has 1 heterocycles. The minimum Gasteiger partial charge on any atom is -0.336 e. The van der Waals surface area contributed by atoms with Crippen molar-refractivity contribution in [3.8, 4) is 5.40 Å². The van der Waals surface area contributed by atoms with Gasteiger partial charge in [0.2, 0.25) is 0 Å². The zero-order valence-electron chi connectivity index (χ0n) is 11.0. The SMILES string of the molecule is C[C@H]1CCCCN1C(=O)c1cc(Cl)c(SC#N)c(Cl)c1. The molecule has 0 bridgehead atoms. The molecule has 106 valence electrons. The number of likely N-dealkylation sites (tertiary alicyclic amines) is 1. The van der Waals surface area contributed by atoms with E-state index >= 15 is 0 Å². The van der Waals surface area contributed by atoms with Crippen LogP contribution in [-0.4, -0.2) is 23.4 Å². The topological polar surface area (TPSA) is 44.1 Å². The molecular weight excluding hydrogens is 315 g/mol. The van der Waals surface area contributed by atoms with Crippen molar-refractivity contribution in [3.05, 3.63) is 27.7 Å². The smallest absolute Gasteiger partial charge is 0.254 e. The van der Waals surface area contributed by atoms with Crippen LogP contribution < -0.4 is 0 Å². The number of amides is 1. The number of halogens is 2. The van der Waals surface area contributed by atoms with Crippen LogP contribution in [0.4, 0.5) is 0 Å². The summed E-state index contributed by atoms with van der Waals surface area (Å²) < 4.78 is 0. The summed E-state index contributed by atoms with van der Waals surface area (Å²) >= 11 is 13.1. The zero-order valence-corrected chi connectivity index (χ0v) is 13.4. The monoisotopic (exact) mass is 328 g/mol. The molecule has 1 atom stereocenters. The van der Waals surface area contributed by atoms with E-state index < -0.39 is 0 Å². The maximum absolute atomic E-state index is 12.5. The zero-order chi connectivity index (χ0) is 14.7. The lowest BCUT2D eigenvalue weighted by molar-refractivity contribution is 0.0635. The summed E-state index contributed by atoms with van der Waals surface area (Å²) in [6.07, 6.45) is 3.21. The lowest BCUT2D eigenvalue weighted by atomic mass is 10.0. The molecule has 0 radical (unpaired) electrons. The molecular formula is C14H14Cl2N2OS. The fourth-order valence-electron chi connectivity index (χ4n) is 2.39. The molecule has 1 saturated heterocycles. The summed E-state index contributed by atoms with van der Waals surface area (Å²) in [4.78, 5) is 14.9. The Morgan fingerprint density at radius 1 is 1.40 bits per heavy atom. The van der Waals surface area contributed by atoms with Gasteiger partial charge in [0.05, 0.1) is 14.9 Å². The standard InChI is InChI=1S/C14H14Cl2N2OS/c1-9-4-2-3-5-18(9)14(19)10-6-11(15)13(20-8-17)12(16)7-10/h6-7,9H,2-5H2,1H3/t9-/m0/s1. The van der Waals surface area contributed by atoms with Crippen LogP contribution in [0.5, 0.6) is 0 Å². The van der Waals surface area contributed by atoms with E-state index in [1.807, 2.05) is 10.3 Å². The summed E-state index contributed by atoms with van der Waals surface area (Å²) in [6, 6.07) is 3.43. The van der Waals surface area contributed by atoms with Gasteiger partial charge in [-0.15, -0.1) is 0 Å². The number of thiocyanates is 1. The highest BCUT2D eigenvalue weighted by molar-refractivity contribution is 8.04. The maximum atomic E-state index is 12.5. The van der Waals surface area contributed by atoms with Crippen molar-refractivity contribution in [3.63, 3.8) is 0 Å². The number of thioether (sulfide) groups is 1. The molecule has 3 nitrogen and oxygen atoms in total. The van der Waals surface area contributed by atoms with Gasteiger partial charge in [-0.2, -0.15) is 5.26 Å². The maximum Gasteiger partial charge on any atom is 0.254 e. The number of nitrogens with zero attached hydrogens (tertiary/aromatic N) is 2. The second kappa shape index (κ2) is 6.71. The fourth-order valence-corrected chi connectivity index (χ4v) is 3.51. The molecule has 1 aromatic rings. The van der Waals surface area contributed by atoms with Crippen LogP contribution in [0, 0.1) is 10.7 Å². The van der Waals surface area contributed by atoms with Gasteiger partial charge >= 0.3 is 0 Å². The van der Waals surface area contributed by atoms with Crippen molar-refractivity contribution in [1.29, 1.82) is 5.26 Å². The second-order valence-electron chi connectivity index (χ2n) is 4.81. The first-order chi connectivity index (χ1) is 9.54. The van der Waals surface area contributed by atoms with E-state index in [-0.39, 0.29) is 11.9 Å². The van der Waals surface area contributed by atoms with Crippen LogP contribution >= 0.6 is 35.0 Å². The van der Waals surface area contributed by atoms with E-state index in [0.717, 1.165) is 37.6 Å². The Bertz CT molecular complexity index is 548. The Kier molecular flexibility index (Phi) is 5.20. The quantitative estimate of drug-likeness (QED) is 0.589. The van der Waals surface area contributed by atoms with E-state index in [1.54, 1.807) is 12.1 Å². The van der Waals surface area contributed by atoms with Gasteiger partial charge in [0.15, 0.2) is 0 Å². The molecule has 20 heavy (non-hydrogen) atoms. The van der Waals surface area contributed by atoms with Gasteiger partial charge in [-0.1, -0.05) is 23.2 Å². The van der Waals surface area contributed by atoms with E-state index in [9.17, 15) is 4.79 Å². The van der Waals surface area contributed by atoms with Crippen LogP contribution in [0.25, 0.3) is 0 Å². The van der Waals surface area contributed by atoms with E-state index in [1.165, 1.54) is 0 Å². The van der Waals surface area contributed by atoms with Crippen molar-refractivity contribution in [2.24, 2.45) is 0 Å². The Morgan fingerprint density at radius 2 is 2.05 bits per heavy atom. The largest absolute Gasteiger partial charge is 0.336 e. The van der Waals surface area contributed by atoms with Crippen molar-refractivity contribution in [2.45, 2.75) is 37.1 Å². The number of carbonyl (C=O) groups is 1. The van der Waals surface area contributed by atoms with Crippen molar-refractivity contribution in [1.82, 2.24) is 4.90 Å². The summed E-state index contributed by atoms with van der Waals surface area (Å²) in [5, 5.41) is 11.3. The Balaban J connectivity index is 2.29. The molecule has 1 aliphatic rings. The third-order valence-corrected chi connectivity index (χ3v) is 5.01. The predicted octanol–water partition coefficient (Wildman–Crippen LogP) is 4.58. The van der Waals surface area contributed by atoms with Crippen molar-refractivity contribution >= 4 is 40.9 Å². The molecule has 2 rings (SSSR count). The molecule has 1 amide bonds. The molecule has 1 fully saturated rings. The number of piperidine rings is 1. The summed E-state index contributed by atoms with van der Waals surface area (Å²) in [5.74, 6) is -0.0468. The predicted molar refractivity (Wildman–Crippen MR) is 82.3 cm³/mol.